The molecule has 10 nitrogen and oxygen atoms in total. The summed E-state index contributed by atoms with van der Waals surface area (Å²) in [4.78, 5) is 31.4. The van der Waals surface area contributed by atoms with Crippen LogP contribution >= 0.6 is 11.6 Å². The fourth-order valence-corrected chi connectivity index (χ4v) is 6.75. The predicted octanol–water partition coefficient (Wildman–Crippen LogP) is 16.5. The third kappa shape index (κ3) is 60.3. The summed E-state index contributed by atoms with van der Waals surface area (Å²) in [6.07, 6.45) is 44.2. The van der Waals surface area contributed by atoms with Gasteiger partial charge in [-0.05, 0) is 38.5 Å². The van der Waals surface area contributed by atoms with Crippen molar-refractivity contribution in [3.8, 4) is 0 Å². The van der Waals surface area contributed by atoms with E-state index >= 15 is 0 Å². The van der Waals surface area contributed by atoms with E-state index < -0.39 is 23.8 Å². The largest absolute Gasteiger partial charge is 0.508 e. The number of aliphatic hydroxyl groups is 2. The molecule has 1 aliphatic rings. The molecule has 0 amide bonds. The zero-order chi connectivity index (χ0) is 46.4. The number of rotatable bonds is 40. The summed E-state index contributed by atoms with van der Waals surface area (Å²) in [6, 6.07) is 0. The van der Waals surface area contributed by atoms with Crippen LogP contribution in [0.25, 0.3) is 0 Å². The van der Waals surface area contributed by atoms with Gasteiger partial charge in [-0.25, -0.2) is 14.4 Å². The Morgan fingerprint density at radius 2 is 0.855 bits per heavy atom. The second-order valence-electron chi connectivity index (χ2n) is 17.0. The smallest absolute Gasteiger partial charge is 0.454 e. The van der Waals surface area contributed by atoms with Crippen molar-refractivity contribution in [2.45, 2.75) is 278 Å². The van der Waals surface area contributed by atoms with Crippen molar-refractivity contribution in [2.24, 2.45) is 0 Å². The number of halogens is 1. The number of hydrogen-bond donors (Lipinski definition) is 2. The number of hydrogen-bond acceptors (Lipinski definition) is 10. The highest BCUT2D eigenvalue weighted by Gasteiger charge is 2.23. The third-order valence-electron chi connectivity index (χ3n) is 10.8. The molecule has 0 radical (unpaired) electrons. The standard InChI is InChI=1S/C19H36O3.C18H38O2.C9H18O3.C5H9ClO2/c1-2-3-4-5-6-7-8-9-10-11-12-13-14-15-16-18-17-21-19(20)22-18;1-2-3-4-5-6-7-8-9-10-11-12-13-14-15-16-18(20)17-19;1-3-5-7-11-9(10)12-8-6-4-2;1-2-3-4-8-5(6)7/h18H,2-17H2,1H3;18-20H,2-17H2,1H3;3-8H2,1-2H3;2-4H2,1H3. The molecule has 2 N–H and O–H groups in total. The molecule has 62 heavy (non-hydrogen) atoms. The van der Waals surface area contributed by atoms with Gasteiger partial charge in [0.1, 0.15) is 12.7 Å². The second-order valence-corrected chi connectivity index (χ2v) is 17.3. The first-order chi connectivity index (χ1) is 30.2. The fraction of sp³-hybridized carbons (Fsp3) is 0.941. The lowest BCUT2D eigenvalue weighted by molar-refractivity contribution is 0.0535. The van der Waals surface area contributed by atoms with Crippen LogP contribution in [0, 0.1) is 0 Å². The Morgan fingerprint density at radius 1 is 0.532 bits per heavy atom. The van der Waals surface area contributed by atoms with Crippen molar-refractivity contribution in [1.82, 2.24) is 0 Å². The molecular formula is C51H101ClO10. The van der Waals surface area contributed by atoms with E-state index in [9.17, 15) is 19.5 Å². The molecule has 0 saturated carbocycles. The van der Waals surface area contributed by atoms with Gasteiger partial charge in [-0.15, -0.1) is 0 Å². The fourth-order valence-electron chi connectivity index (χ4n) is 6.68. The molecule has 0 aromatic carbocycles. The van der Waals surface area contributed by atoms with Crippen LogP contribution in [-0.4, -0.2) is 73.2 Å². The maximum atomic E-state index is 10.8. The van der Waals surface area contributed by atoms with Crippen LogP contribution in [0.3, 0.4) is 0 Å². The summed E-state index contributed by atoms with van der Waals surface area (Å²) in [6.45, 7) is 12.4. The number of carbonyl (C=O) groups is 3. The number of aliphatic hydroxyl groups excluding tert-OH is 2. The molecule has 0 bridgehead atoms. The van der Waals surface area contributed by atoms with Gasteiger partial charge in [-0.2, -0.15) is 0 Å². The van der Waals surface area contributed by atoms with E-state index in [2.05, 4.69) is 18.6 Å². The summed E-state index contributed by atoms with van der Waals surface area (Å²) in [5, 5.41) is 17.9. The van der Waals surface area contributed by atoms with Crippen LogP contribution in [0.2, 0.25) is 0 Å². The lowest BCUT2D eigenvalue weighted by Crippen LogP contribution is -2.10. The predicted molar refractivity (Wildman–Crippen MR) is 258 cm³/mol. The van der Waals surface area contributed by atoms with Gasteiger partial charge in [0.25, 0.3) is 0 Å². The van der Waals surface area contributed by atoms with Crippen LogP contribution in [0.5, 0.6) is 0 Å². The third-order valence-corrected chi connectivity index (χ3v) is 10.9. The Kier molecular flexibility index (Phi) is 59.5. The molecule has 0 aromatic heterocycles. The van der Waals surface area contributed by atoms with Crippen molar-refractivity contribution in [3.05, 3.63) is 0 Å². The van der Waals surface area contributed by atoms with Crippen LogP contribution in [0.15, 0.2) is 0 Å². The van der Waals surface area contributed by atoms with Crippen LogP contribution in [-0.2, 0) is 23.7 Å². The number of carbonyl (C=O) groups excluding carboxylic acids is 3. The topological polar surface area (TPSA) is 138 Å². The molecule has 1 rings (SSSR count). The molecule has 11 heteroatoms. The highest BCUT2D eigenvalue weighted by molar-refractivity contribution is 6.61. The van der Waals surface area contributed by atoms with Gasteiger partial charge in [0.2, 0.25) is 0 Å². The molecular weight excluding hydrogens is 808 g/mol. The molecule has 0 spiro atoms. The quantitative estimate of drug-likeness (QED) is 0.0264. The van der Waals surface area contributed by atoms with Crippen molar-refractivity contribution in [3.63, 3.8) is 0 Å². The molecule has 0 aromatic rings. The number of ether oxygens (including phenoxy) is 5. The summed E-state index contributed by atoms with van der Waals surface area (Å²) in [5.41, 5.74) is -0.710. The first kappa shape index (κ1) is 64.5. The average molecular weight is 910 g/mol. The van der Waals surface area contributed by atoms with E-state index in [4.69, 9.17) is 35.7 Å². The lowest BCUT2D eigenvalue weighted by atomic mass is 10.0. The minimum absolute atomic E-state index is 0.0184. The van der Waals surface area contributed by atoms with Crippen molar-refractivity contribution in [2.75, 3.05) is 33.0 Å². The zero-order valence-corrected chi connectivity index (χ0v) is 41.9. The van der Waals surface area contributed by atoms with Crippen molar-refractivity contribution in [1.29, 1.82) is 0 Å². The summed E-state index contributed by atoms with van der Waals surface area (Å²) in [7, 11) is 0. The van der Waals surface area contributed by atoms with Crippen LogP contribution in [0.4, 0.5) is 14.4 Å². The molecule has 1 saturated heterocycles. The van der Waals surface area contributed by atoms with E-state index in [-0.39, 0.29) is 12.7 Å². The molecule has 1 heterocycles. The second kappa shape index (κ2) is 57.2. The summed E-state index contributed by atoms with van der Waals surface area (Å²) >= 11 is 4.85. The Morgan fingerprint density at radius 3 is 1.16 bits per heavy atom. The van der Waals surface area contributed by atoms with E-state index in [1.54, 1.807) is 0 Å². The Labute approximate surface area is 387 Å². The van der Waals surface area contributed by atoms with Gasteiger partial charge < -0.3 is 33.9 Å². The highest BCUT2D eigenvalue weighted by atomic mass is 35.5. The molecule has 1 fully saturated rings. The normalized spacial score (nSPS) is 13.3. The molecule has 2 atom stereocenters. The molecule has 0 aliphatic carbocycles. The van der Waals surface area contributed by atoms with Gasteiger partial charge in [0.15, 0.2) is 0 Å². The monoisotopic (exact) mass is 909 g/mol. The number of cyclic esters (lactones) is 2. The van der Waals surface area contributed by atoms with Gasteiger partial charge >= 0.3 is 17.7 Å². The van der Waals surface area contributed by atoms with Crippen molar-refractivity contribution >= 4 is 29.3 Å². The zero-order valence-electron chi connectivity index (χ0n) is 41.2. The maximum Gasteiger partial charge on any atom is 0.508 e. The van der Waals surface area contributed by atoms with Crippen molar-refractivity contribution < 1.29 is 48.3 Å². The molecule has 2 unspecified atom stereocenters. The molecule has 372 valence electrons. The average Bonchev–Trinajstić information content (AvgIpc) is 3.69. The number of unbranched alkanes of at least 4 members (excludes halogenated alkanes) is 29. The summed E-state index contributed by atoms with van der Waals surface area (Å²) < 4.78 is 23.7. The lowest BCUT2D eigenvalue weighted by Gasteiger charge is -2.06. The Balaban J connectivity index is -0.000000798. The maximum absolute atomic E-state index is 10.8. The first-order valence-corrected chi connectivity index (χ1v) is 26.3. The van der Waals surface area contributed by atoms with Gasteiger partial charge in [0, 0.05) is 11.6 Å². The van der Waals surface area contributed by atoms with E-state index in [1.807, 2.05) is 20.8 Å². The SMILES string of the molecule is CCCCCCCCCCCCCCCCC(O)CO.CCCCCCCCCCCCCCCCC1COC(=O)O1.CCCCOC(=O)Cl.CCCCOC(=O)OCCCC. The minimum Gasteiger partial charge on any atom is -0.454 e. The summed E-state index contributed by atoms with van der Waals surface area (Å²) in [5.74, 6) is 0. The van der Waals surface area contributed by atoms with Gasteiger partial charge in [0.05, 0.1) is 32.5 Å². The van der Waals surface area contributed by atoms with Gasteiger partial charge in [-0.1, -0.05) is 227 Å². The van der Waals surface area contributed by atoms with Gasteiger partial charge in [-0.3, -0.25) is 0 Å². The Hall–Kier alpha value is -1.78. The van der Waals surface area contributed by atoms with Crippen LogP contribution in [0.1, 0.15) is 266 Å². The van der Waals surface area contributed by atoms with E-state index in [1.165, 1.54) is 167 Å². The van der Waals surface area contributed by atoms with E-state index in [0.717, 1.165) is 64.2 Å². The first-order valence-electron chi connectivity index (χ1n) is 26.0. The van der Waals surface area contributed by atoms with E-state index in [0.29, 0.717) is 26.4 Å². The Bertz CT molecular complexity index is 881. The minimum atomic E-state index is -0.710. The highest BCUT2D eigenvalue weighted by Crippen LogP contribution is 2.17. The molecule has 1 aliphatic heterocycles. The van der Waals surface area contributed by atoms with Crippen LogP contribution < -0.4 is 0 Å².